The number of hydrogen-bond acceptors (Lipinski definition) is 5. The Labute approximate surface area is 254 Å². The maximum atomic E-state index is 13.5. The second-order valence-electron chi connectivity index (χ2n) is 11.5. The fourth-order valence-electron chi connectivity index (χ4n) is 5.74. The molecule has 232 valence electrons. The molecule has 0 unspecified atom stereocenters. The van der Waals surface area contributed by atoms with Crippen LogP contribution in [0, 0.1) is 11.7 Å². The maximum Gasteiger partial charge on any atom is 0.233 e. The first-order valence-electron chi connectivity index (χ1n) is 15.2. The molecule has 1 heterocycles. The largest absolute Gasteiger partial charge is 0.396 e. The number of hydrogen-bond donors (Lipinski definition) is 3. The minimum atomic E-state index is -3.13. The van der Waals surface area contributed by atoms with Gasteiger partial charge in [0.15, 0.2) is 0 Å². The van der Waals surface area contributed by atoms with Gasteiger partial charge in [-0.25, -0.2) is 17.5 Å². The molecular weight excluding hydrogens is 567 g/mol. The SMILES string of the molecule is CS(=O)(=O)NCCCCCCc1ccc(N2C(=O)[C@H](CC[C@H](O)c3ccc(F)cc3)[C@H]2c2ccc(CCCO)cc2)cc1. The van der Waals surface area contributed by atoms with Crippen molar-refractivity contribution in [2.45, 2.75) is 69.9 Å². The Bertz CT molecular complexity index is 1410. The van der Waals surface area contributed by atoms with E-state index in [0.29, 0.717) is 31.4 Å². The van der Waals surface area contributed by atoms with Crippen LogP contribution in [0.1, 0.15) is 79.3 Å². The molecule has 3 aromatic carbocycles. The first-order valence-corrected chi connectivity index (χ1v) is 17.1. The lowest BCUT2D eigenvalue weighted by molar-refractivity contribution is -0.131. The summed E-state index contributed by atoms with van der Waals surface area (Å²) in [4.78, 5) is 15.4. The average Bonchev–Trinajstić information content (AvgIpc) is 2.99. The second-order valence-corrected chi connectivity index (χ2v) is 13.3. The molecule has 43 heavy (non-hydrogen) atoms. The molecule has 1 aliphatic heterocycles. The Morgan fingerprint density at radius 1 is 0.860 bits per heavy atom. The van der Waals surface area contributed by atoms with Gasteiger partial charge in [-0.2, -0.15) is 0 Å². The van der Waals surface area contributed by atoms with Crippen molar-refractivity contribution in [3.8, 4) is 0 Å². The number of carbonyl (C=O) groups is 1. The number of benzene rings is 3. The molecular formula is C34H43FN2O5S. The van der Waals surface area contributed by atoms with Crippen molar-refractivity contribution < 1.29 is 27.8 Å². The molecule has 0 spiro atoms. The van der Waals surface area contributed by atoms with E-state index in [2.05, 4.69) is 41.1 Å². The van der Waals surface area contributed by atoms with Crippen LogP contribution in [0.2, 0.25) is 0 Å². The number of carbonyl (C=O) groups excluding carboxylic acids is 1. The lowest BCUT2D eigenvalue weighted by atomic mass is 9.78. The summed E-state index contributed by atoms with van der Waals surface area (Å²) in [5.41, 5.74) is 4.83. The molecule has 0 aliphatic carbocycles. The number of amides is 1. The van der Waals surface area contributed by atoms with Crippen molar-refractivity contribution in [3.05, 3.63) is 101 Å². The maximum absolute atomic E-state index is 13.5. The number of unbranched alkanes of at least 4 members (excludes halogenated alkanes) is 3. The Hall–Kier alpha value is -3.11. The molecule has 4 rings (SSSR count). The Kier molecular flexibility index (Phi) is 11.9. The van der Waals surface area contributed by atoms with Gasteiger partial charge in [-0.1, -0.05) is 61.4 Å². The van der Waals surface area contributed by atoms with E-state index in [-0.39, 0.29) is 30.3 Å². The van der Waals surface area contributed by atoms with Crippen LogP contribution in [0.5, 0.6) is 0 Å². The summed E-state index contributed by atoms with van der Waals surface area (Å²) in [6.45, 7) is 0.611. The lowest BCUT2D eigenvalue weighted by Crippen LogP contribution is -2.55. The van der Waals surface area contributed by atoms with Gasteiger partial charge < -0.3 is 15.1 Å². The zero-order chi connectivity index (χ0) is 30.8. The van der Waals surface area contributed by atoms with Crippen LogP contribution in [0.3, 0.4) is 0 Å². The normalized spacial score (nSPS) is 17.6. The number of β-lactam (4-membered cyclic amide) rings is 1. The summed E-state index contributed by atoms with van der Waals surface area (Å²) in [6, 6.07) is 22.0. The summed E-state index contributed by atoms with van der Waals surface area (Å²) in [7, 11) is -3.13. The van der Waals surface area contributed by atoms with Crippen LogP contribution in [0.4, 0.5) is 10.1 Å². The third-order valence-corrected chi connectivity index (χ3v) is 8.86. The highest BCUT2D eigenvalue weighted by Gasteiger charge is 2.48. The quantitative estimate of drug-likeness (QED) is 0.136. The predicted molar refractivity (Wildman–Crippen MR) is 168 cm³/mol. The van der Waals surface area contributed by atoms with E-state index in [0.717, 1.165) is 55.3 Å². The monoisotopic (exact) mass is 610 g/mol. The van der Waals surface area contributed by atoms with Crippen LogP contribution in [-0.4, -0.2) is 43.9 Å². The predicted octanol–water partition coefficient (Wildman–Crippen LogP) is 5.62. The highest BCUT2D eigenvalue weighted by molar-refractivity contribution is 7.88. The minimum Gasteiger partial charge on any atom is -0.396 e. The highest BCUT2D eigenvalue weighted by atomic mass is 32.2. The van der Waals surface area contributed by atoms with Crippen LogP contribution in [0.15, 0.2) is 72.8 Å². The van der Waals surface area contributed by atoms with Crippen molar-refractivity contribution in [3.63, 3.8) is 0 Å². The number of nitrogens with zero attached hydrogens (tertiary/aromatic N) is 1. The summed E-state index contributed by atoms with van der Waals surface area (Å²) < 4.78 is 38.2. The lowest BCUT2D eigenvalue weighted by Gasteiger charge is -2.48. The number of rotatable bonds is 17. The molecule has 1 saturated heterocycles. The molecule has 9 heteroatoms. The molecule has 1 fully saturated rings. The zero-order valence-corrected chi connectivity index (χ0v) is 25.6. The van der Waals surface area contributed by atoms with Crippen molar-refractivity contribution in [2.75, 3.05) is 24.3 Å². The van der Waals surface area contributed by atoms with Gasteiger partial charge in [0.25, 0.3) is 0 Å². The van der Waals surface area contributed by atoms with E-state index in [9.17, 15) is 27.8 Å². The van der Waals surface area contributed by atoms with E-state index in [1.54, 1.807) is 12.1 Å². The van der Waals surface area contributed by atoms with E-state index >= 15 is 0 Å². The average molecular weight is 611 g/mol. The van der Waals surface area contributed by atoms with Crippen LogP contribution < -0.4 is 9.62 Å². The summed E-state index contributed by atoms with van der Waals surface area (Å²) in [5, 5.41) is 19.9. The number of halogens is 1. The topological polar surface area (TPSA) is 107 Å². The fourth-order valence-corrected chi connectivity index (χ4v) is 6.26. The third-order valence-electron chi connectivity index (χ3n) is 8.14. The number of aliphatic hydroxyl groups excluding tert-OH is 2. The Balaban J connectivity index is 1.39. The number of sulfonamides is 1. The van der Waals surface area contributed by atoms with Crippen LogP contribution in [0.25, 0.3) is 0 Å². The van der Waals surface area contributed by atoms with Crippen molar-refractivity contribution in [2.24, 2.45) is 5.92 Å². The summed E-state index contributed by atoms with van der Waals surface area (Å²) in [6.07, 6.45) is 7.48. The minimum absolute atomic E-state index is 0.0242. The Morgan fingerprint density at radius 2 is 1.47 bits per heavy atom. The van der Waals surface area contributed by atoms with Crippen molar-refractivity contribution >= 4 is 21.6 Å². The van der Waals surface area contributed by atoms with Gasteiger partial charge in [-0.05, 0) is 91.5 Å². The van der Waals surface area contributed by atoms with E-state index in [1.807, 2.05) is 17.0 Å². The van der Waals surface area contributed by atoms with Crippen LogP contribution >= 0.6 is 0 Å². The first kappa shape index (κ1) is 32.8. The van der Waals surface area contributed by atoms with Gasteiger partial charge >= 0.3 is 0 Å². The van der Waals surface area contributed by atoms with Gasteiger partial charge in [0.2, 0.25) is 15.9 Å². The number of anilines is 1. The van der Waals surface area contributed by atoms with Gasteiger partial charge in [-0.15, -0.1) is 0 Å². The van der Waals surface area contributed by atoms with Gasteiger partial charge in [0, 0.05) is 18.8 Å². The second kappa shape index (κ2) is 15.6. The highest BCUT2D eigenvalue weighted by Crippen LogP contribution is 2.46. The number of aliphatic hydroxyl groups is 2. The zero-order valence-electron chi connectivity index (χ0n) is 24.8. The van der Waals surface area contributed by atoms with Crippen molar-refractivity contribution in [1.82, 2.24) is 4.72 Å². The molecule has 3 N–H and O–H groups in total. The molecule has 0 saturated carbocycles. The number of nitrogens with one attached hydrogen (secondary N) is 1. The first-order chi connectivity index (χ1) is 20.7. The molecule has 3 atom stereocenters. The molecule has 7 nitrogen and oxygen atoms in total. The number of aryl methyl sites for hydroxylation is 2. The molecule has 0 bridgehead atoms. The third kappa shape index (κ3) is 9.44. The molecule has 3 aromatic rings. The Morgan fingerprint density at radius 3 is 2.09 bits per heavy atom. The fraction of sp³-hybridized carbons (Fsp3) is 0.441. The van der Waals surface area contributed by atoms with Gasteiger partial charge in [-0.3, -0.25) is 4.79 Å². The van der Waals surface area contributed by atoms with Gasteiger partial charge in [0.05, 0.1) is 24.3 Å². The van der Waals surface area contributed by atoms with E-state index < -0.39 is 16.1 Å². The molecule has 1 aliphatic rings. The van der Waals surface area contributed by atoms with Crippen molar-refractivity contribution in [1.29, 1.82) is 0 Å². The molecule has 0 aromatic heterocycles. The summed E-state index contributed by atoms with van der Waals surface area (Å²) in [5.74, 6) is -0.611. The molecule has 0 radical (unpaired) electrons. The smallest absolute Gasteiger partial charge is 0.233 e. The van der Waals surface area contributed by atoms with Gasteiger partial charge in [0.1, 0.15) is 5.82 Å². The molecule has 1 amide bonds. The van der Waals surface area contributed by atoms with E-state index in [1.165, 1.54) is 24.0 Å². The van der Waals surface area contributed by atoms with Crippen LogP contribution in [-0.2, 0) is 27.7 Å². The summed E-state index contributed by atoms with van der Waals surface area (Å²) >= 11 is 0. The standard InChI is InChI=1S/C34H43FN2O5S/c1-43(41,42)36-23-5-3-2-4-7-25-11-19-30(20-12-25)37-33(28-13-9-26(10-14-28)8-6-24-38)31(34(37)40)21-22-32(39)27-15-17-29(35)18-16-27/h9-20,31-33,36,38-39H,2-8,21-24H2,1H3/t31-,32+,33-/m1/s1. The van der Waals surface area contributed by atoms with E-state index in [4.69, 9.17) is 0 Å².